The molecule has 3 unspecified atom stereocenters. The molecule has 1 aliphatic heterocycles. The second-order valence-electron chi connectivity index (χ2n) is 12.2. The number of hydrogen-bond donors (Lipinski definition) is 1. The largest absolute Gasteiger partial charge is 0.463 e. The molecule has 3 atom stereocenters. The fourth-order valence-electron chi connectivity index (χ4n) is 6.72. The highest BCUT2D eigenvalue weighted by molar-refractivity contribution is 5.84. The molecule has 0 aromatic heterocycles. The van der Waals surface area contributed by atoms with Gasteiger partial charge in [0.2, 0.25) is 0 Å². The Morgan fingerprint density at radius 2 is 1.33 bits per heavy atom. The van der Waals surface area contributed by atoms with E-state index in [2.05, 4.69) is 5.32 Å². The van der Waals surface area contributed by atoms with Crippen LogP contribution in [-0.4, -0.2) is 88.7 Å². The Morgan fingerprint density at radius 3 is 1.97 bits per heavy atom. The molecule has 0 aromatic rings. The van der Waals surface area contributed by atoms with Crippen molar-refractivity contribution in [3.63, 3.8) is 0 Å². The molecule has 220 valence electrons. The molecule has 1 amide bonds. The number of amides is 1. The van der Waals surface area contributed by atoms with Crippen molar-refractivity contribution in [2.45, 2.75) is 70.9 Å². The second kappa shape index (κ2) is 12.4. The summed E-state index contributed by atoms with van der Waals surface area (Å²) in [6.07, 6.45) is 3.14. The molecule has 12 heteroatoms. The van der Waals surface area contributed by atoms with Crippen LogP contribution in [0, 0.1) is 22.7 Å². The van der Waals surface area contributed by atoms with Gasteiger partial charge in [-0.1, -0.05) is 0 Å². The molecule has 0 radical (unpaired) electrons. The minimum atomic E-state index is -1.28. The summed E-state index contributed by atoms with van der Waals surface area (Å²) >= 11 is 0. The first-order valence-electron chi connectivity index (χ1n) is 13.7. The number of esters is 3. The van der Waals surface area contributed by atoms with E-state index < -0.39 is 47.1 Å². The molecule has 12 nitrogen and oxygen atoms in total. The van der Waals surface area contributed by atoms with Gasteiger partial charge < -0.3 is 38.5 Å². The molecule has 4 saturated carbocycles. The van der Waals surface area contributed by atoms with E-state index in [1.54, 1.807) is 20.8 Å². The number of alkyl carbamates (subject to hydrolysis) is 1. The SMILES string of the molecule is CC(C)(C)OC(=O)NC1COC(=O)C23CC4CC(CC(C4)(C2)C(=O)OCCOCCOCOCCOC1=O)C3. The Labute approximate surface area is 228 Å². The van der Waals surface area contributed by atoms with Gasteiger partial charge in [-0.3, -0.25) is 9.59 Å². The predicted octanol–water partition coefficient (Wildman–Crippen LogP) is 2.12. The monoisotopic (exact) mass is 555 g/mol. The van der Waals surface area contributed by atoms with E-state index in [4.69, 9.17) is 33.2 Å². The molecule has 5 rings (SSSR count). The summed E-state index contributed by atoms with van der Waals surface area (Å²) in [7, 11) is 0. The van der Waals surface area contributed by atoms with E-state index in [0.717, 1.165) is 6.42 Å². The van der Waals surface area contributed by atoms with E-state index in [1.807, 2.05) is 0 Å². The maximum absolute atomic E-state index is 13.6. The van der Waals surface area contributed by atoms with Gasteiger partial charge in [0.15, 0.2) is 6.04 Å². The highest BCUT2D eigenvalue weighted by Gasteiger charge is 2.64. The normalized spacial score (nSPS) is 35.2. The topological polar surface area (TPSA) is 145 Å². The molecule has 1 heterocycles. The first-order valence-corrected chi connectivity index (χ1v) is 13.7. The van der Waals surface area contributed by atoms with Crippen molar-refractivity contribution in [1.82, 2.24) is 5.32 Å². The summed E-state index contributed by atoms with van der Waals surface area (Å²) < 4.78 is 37.9. The van der Waals surface area contributed by atoms with Gasteiger partial charge in [-0.15, -0.1) is 0 Å². The first kappa shape index (κ1) is 29.5. The van der Waals surface area contributed by atoms with E-state index in [-0.39, 0.29) is 57.6 Å². The lowest BCUT2D eigenvalue weighted by molar-refractivity contribution is -0.195. The van der Waals surface area contributed by atoms with Crippen LogP contribution in [0.5, 0.6) is 0 Å². The van der Waals surface area contributed by atoms with Crippen molar-refractivity contribution in [3.8, 4) is 0 Å². The second-order valence-corrected chi connectivity index (χ2v) is 12.2. The van der Waals surface area contributed by atoms with E-state index in [0.29, 0.717) is 38.7 Å². The number of rotatable bonds is 1. The lowest BCUT2D eigenvalue weighted by atomic mass is 9.44. The zero-order valence-corrected chi connectivity index (χ0v) is 23.1. The summed E-state index contributed by atoms with van der Waals surface area (Å²) in [6.45, 7) is 5.57. The number of carbonyl (C=O) groups is 4. The highest BCUT2D eigenvalue weighted by Crippen LogP contribution is 2.66. The number of cyclic esters (lactones) is 3. The lowest BCUT2D eigenvalue weighted by Crippen LogP contribution is -2.58. The molecule has 1 N–H and O–H groups in total. The van der Waals surface area contributed by atoms with Crippen molar-refractivity contribution >= 4 is 24.0 Å². The third-order valence-electron chi connectivity index (χ3n) is 7.76. The predicted molar refractivity (Wildman–Crippen MR) is 133 cm³/mol. The van der Waals surface area contributed by atoms with Gasteiger partial charge >= 0.3 is 24.0 Å². The average molecular weight is 556 g/mol. The molecule has 1 saturated heterocycles. The van der Waals surface area contributed by atoms with Crippen molar-refractivity contribution < 1.29 is 52.3 Å². The number of ether oxygens (including phenoxy) is 7. The number of nitrogens with one attached hydrogen (secondary N) is 1. The number of carbonyl (C=O) groups excluding carboxylic acids is 4. The van der Waals surface area contributed by atoms with Gasteiger partial charge in [0.1, 0.15) is 32.2 Å². The van der Waals surface area contributed by atoms with E-state index in [9.17, 15) is 19.2 Å². The molecule has 5 fully saturated rings. The summed E-state index contributed by atoms with van der Waals surface area (Å²) in [5.41, 5.74) is -2.35. The lowest BCUT2D eigenvalue weighted by Gasteiger charge is -2.59. The molecule has 0 aromatic carbocycles. The van der Waals surface area contributed by atoms with Gasteiger partial charge in [-0.25, -0.2) is 9.59 Å². The molecule has 4 bridgehead atoms. The van der Waals surface area contributed by atoms with Gasteiger partial charge in [0.25, 0.3) is 0 Å². The van der Waals surface area contributed by atoms with Crippen LogP contribution in [0.2, 0.25) is 0 Å². The van der Waals surface area contributed by atoms with Crippen molar-refractivity contribution in [2.24, 2.45) is 22.7 Å². The minimum Gasteiger partial charge on any atom is -0.463 e. The molecule has 39 heavy (non-hydrogen) atoms. The van der Waals surface area contributed by atoms with Crippen LogP contribution in [-0.2, 0) is 47.5 Å². The Morgan fingerprint density at radius 1 is 0.795 bits per heavy atom. The van der Waals surface area contributed by atoms with E-state index >= 15 is 0 Å². The van der Waals surface area contributed by atoms with Gasteiger partial charge in [-0.2, -0.15) is 0 Å². The minimum absolute atomic E-state index is 0.0277. The van der Waals surface area contributed by atoms with Crippen LogP contribution >= 0.6 is 0 Å². The van der Waals surface area contributed by atoms with Crippen molar-refractivity contribution in [3.05, 3.63) is 0 Å². The molecular weight excluding hydrogens is 514 g/mol. The van der Waals surface area contributed by atoms with Gasteiger partial charge in [0, 0.05) is 0 Å². The summed E-state index contributed by atoms with van der Waals surface area (Å²) in [5.74, 6) is -1.10. The molecular formula is C27H41NO11. The van der Waals surface area contributed by atoms with Crippen molar-refractivity contribution in [2.75, 3.05) is 53.0 Å². The van der Waals surface area contributed by atoms with Crippen LogP contribution in [0.4, 0.5) is 4.79 Å². The smallest absolute Gasteiger partial charge is 0.408 e. The Bertz CT molecular complexity index is 900. The molecule has 5 aliphatic rings. The maximum Gasteiger partial charge on any atom is 0.408 e. The fraction of sp³-hybridized carbons (Fsp3) is 0.852. The highest BCUT2D eigenvalue weighted by atomic mass is 16.7. The standard InChI is InChI=1S/C27H41NO11/c1-25(2,3)39-24(32)28-20-15-38-23(31)27-13-18-10-19(14-27)12-26(11-18,16-27)22(30)37-9-6-33-4-5-34-17-35-7-8-36-21(20)29/h18-20H,4-17H2,1-3H3,(H,28,32). The number of hydrogen-bond acceptors (Lipinski definition) is 11. The third kappa shape index (κ3) is 7.61. The van der Waals surface area contributed by atoms with E-state index in [1.165, 1.54) is 0 Å². The van der Waals surface area contributed by atoms with Crippen molar-refractivity contribution in [1.29, 1.82) is 0 Å². The Balaban J connectivity index is 1.48. The fourth-order valence-corrected chi connectivity index (χ4v) is 6.72. The van der Waals surface area contributed by atoms with Crippen LogP contribution in [0.25, 0.3) is 0 Å². The average Bonchev–Trinajstić information content (AvgIpc) is 2.84. The van der Waals surface area contributed by atoms with Crippen LogP contribution in [0.15, 0.2) is 0 Å². The Hall–Kier alpha value is -2.44. The van der Waals surface area contributed by atoms with Gasteiger partial charge in [0.05, 0.1) is 37.3 Å². The Kier molecular flexibility index (Phi) is 9.38. The zero-order chi connectivity index (χ0) is 28.1. The quantitative estimate of drug-likeness (QED) is 0.375. The maximum atomic E-state index is 13.6. The summed E-state index contributed by atoms with van der Waals surface area (Å²) in [4.78, 5) is 52.1. The molecule has 4 aliphatic carbocycles. The third-order valence-corrected chi connectivity index (χ3v) is 7.76. The molecule has 2 spiro atoms. The van der Waals surface area contributed by atoms with Crippen LogP contribution in [0.3, 0.4) is 0 Å². The summed E-state index contributed by atoms with van der Waals surface area (Å²) in [6, 6.07) is -1.28. The zero-order valence-electron chi connectivity index (χ0n) is 23.1. The first-order chi connectivity index (χ1) is 18.5. The van der Waals surface area contributed by atoms with Gasteiger partial charge in [-0.05, 0) is 71.1 Å². The van der Waals surface area contributed by atoms with Crippen LogP contribution in [0.1, 0.15) is 59.3 Å². The summed E-state index contributed by atoms with van der Waals surface area (Å²) in [5, 5.41) is 2.45. The van der Waals surface area contributed by atoms with Crippen LogP contribution < -0.4 is 5.32 Å².